The maximum absolute atomic E-state index is 12.8. The van der Waals surface area contributed by atoms with E-state index >= 15 is 0 Å². The Hall–Kier alpha value is -2.06. The number of carboxylic acid groups (broad SMARTS) is 1. The van der Waals surface area contributed by atoms with E-state index in [1.165, 1.54) is 19.1 Å². The number of unbranched alkanes of at least 4 members (excludes halogenated alkanes) is 1. The molecule has 0 bridgehead atoms. The number of methoxy groups -OCH3 is 2. The van der Waals surface area contributed by atoms with Crippen LogP contribution in [-0.4, -0.2) is 46.5 Å². The summed E-state index contributed by atoms with van der Waals surface area (Å²) in [6.07, 6.45) is 3.57. The number of hydrogen-bond donors (Lipinski definition) is 1. The Labute approximate surface area is 162 Å². The Bertz CT molecular complexity index is 747. The van der Waals surface area contributed by atoms with Gasteiger partial charge < -0.3 is 14.6 Å². The number of thiocarbonyl (C=S) groups is 1. The van der Waals surface area contributed by atoms with Crippen molar-refractivity contribution in [3.05, 3.63) is 28.7 Å². The standard InChI is InChI=1S/C18H21NO5S2/c1-4-5-8-12(17(21)22)19-16(20)14(26-18(19)25)10-11-7-6-9-13(23-2)15(11)24-3/h6-7,9-10,12H,4-5,8H2,1-3H3,(H,21,22)/b14-10-. The molecule has 0 aromatic heterocycles. The van der Waals surface area contributed by atoms with Gasteiger partial charge in [-0.2, -0.15) is 0 Å². The number of carbonyl (C=O) groups is 2. The van der Waals surface area contributed by atoms with Crippen molar-refractivity contribution in [1.29, 1.82) is 0 Å². The molecule has 8 heteroatoms. The summed E-state index contributed by atoms with van der Waals surface area (Å²) in [4.78, 5) is 26.0. The summed E-state index contributed by atoms with van der Waals surface area (Å²) >= 11 is 6.37. The number of thioether (sulfide) groups is 1. The third-order valence-electron chi connectivity index (χ3n) is 3.97. The van der Waals surface area contributed by atoms with Gasteiger partial charge in [0.1, 0.15) is 10.4 Å². The number of rotatable bonds is 8. The molecule has 1 amide bonds. The minimum absolute atomic E-state index is 0.256. The van der Waals surface area contributed by atoms with Gasteiger partial charge in [0.2, 0.25) is 0 Å². The second kappa shape index (κ2) is 9.05. The Kier molecular flexibility index (Phi) is 7.05. The molecular weight excluding hydrogens is 374 g/mol. The van der Waals surface area contributed by atoms with Crippen LogP contribution in [0.4, 0.5) is 0 Å². The number of aliphatic carboxylic acids is 1. The maximum Gasteiger partial charge on any atom is 0.326 e. The van der Waals surface area contributed by atoms with Gasteiger partial charge in [0, 0.05) is 5.56 Å². The summed E-state index contributed by atoms with van der Waals surface area (Å²) in [6.45, 7) is 1.97. The molecule has 1 aromatic carbocycles. The van der Waals surface area contributed by atoms with Crippen LogP contribution in [0.2, 0.25) is 0 Å². The van der Waals surface area contributed by atoms with Crippen molar-refractivity contribution in [3.63, 3.8) is 0 Å². The summed E-state index contributed by atoms with van der Waals surface area (Å²) in [5, 5.41) is 9.50. The molecule has 0 aliphatic carbocycles. The van der Waals surface area contributed by atoms with Crippen LogP contribution in [0.5, 0.6) is 11.5 Å². The van der Waals surface area contributed by atoms with Crippen molar-refractivity contribution in [3.8, 4) is 11.5 Å². The second-order valence-electron chi connectivity index (χ2n) is 5.63. The van der Waals surface area contributed by atoms with Crippen LogP contribution in [0, 0.1) is 0 Å². The van der Waals surface area contributed by atoms with E-state index in [0.717, 1.165) is 18.2 Å². The predicted molar refractivity (Wildman–Crippen MR) is 106 cm³/mol. The van der Waals surface area contributed by atoms with Gasteiger partial charge in [0.15, 0.2) is 11.5 Å². The normalized spacial score (nSPS) is 16.9. The first kappa shape index (κ1) is 20.3. The van der Waals surface area contributed by atoms with E-state index in [1.54, 1.807) is 24.3 Å². The molecule has 1 fully saturated rings. The Balaban J connectivity index is 2.36. The number of ether oxygens (including phenoxy) is 2. The van der Waals surface area contributed by atoms with E-state index in [1.807, 2.05) is 6.92 Å². The van der Waals surface area contributed by atoms with Gasteiger partial charge >= 0.3 is 5.97 Å². The lowest BCUT2D eigenvalue weighted by molar-refractivity contribution is -0.145. The average Bonchev–Trinajstić information content (AvgIpc) is 2.89. The number of hydrogen-bond acceptors (Lipinski definition) is 6. The van der Waals surface area contributed by atoms with E-state index in [2.05, 4.69) is 0 Å². The molecular formula is C18H21NO5S2. The second-order valence-corrected chi connectivity index (χ2v) is 7.31. The SMILES string of the molecule is CCCCC(C(=O)O)N1C(=O)/C(=C/c2cccc(OC)c2OC)SC1=S. The highest BCUT2D eigenvalue weighted by Crippen LogP contribution is 2.38. The fourth-order valence-corrected chi connectivity index (χ4v) is 4.02. The maximum atomic E-state index is 12.8. The molecule has 1 aromatic rings. The van der Waals surface area contributed by atoms with Crippen molar-refractivity contribution in [2.45, 2.75) is 32.2 Å². The Morgan fingerprint density at radius 2 is 2.12 bits per heavy atom. The lowest BCUT2D eigenvalue weighted by Gasteiger charge is -2.22. The quantitative estimate of drug-likeness (QED) is 0.533. The largest absolute Gasteiger partial charge is 0.493 e. The molecule has 1 atom stereocenters. The molecule has 1 aliphatic rings. The van der Waals surface area contributed by atoms with Gasteiger partial charge in [-0.25, -0.2) is 4.79 Å². The lowest BCUT2D eigenvalue weighted by atomic mass is 10.1. The molecule has 1 saturated heterocycles. The molecule has 1 unspecified atom stereocenters. The number of carbonyl (C=O) groups excluding carboxylic acids is 1. The van der Waals surface area contributed by atoms with Crippen molar-refractivity contribution in [2.24, 2.45) is 0 Å². The van der Waals surface area contributed by atoms with Crippen molar-refractivity contribution >= 4 is 46.3 Å². The fraction of sp³-hybridized carbons (Fsp3) is 0.389. The molecule has 1 aliphatic heterocycles. The molecule has 0 radical (unpaired) electrons. The van der Waals surface area contributed by atoms with E-state index in [-0.39, 0.29) is 4.32 Å². The molecule has 6 nitrogen and oxygen atoms in total. The van der Waals surface area contributed by atoms with Crippen LogP contribution in [0.25, 0.3) is 6.08 Å². The first-order chi connectivity index (χ1) is 12.4. The molecule has 140 valence electrons. The average molecular weight is 396 g/mol. The molecule has 0 spiro atoms. The summed E-state index contributed by atoms with van der Waals surface area (Å²) in [5.41, 5.74) is 0.660. The van der Waals surface area contributed by atoms with Gasteiger partial charge in [-0.1, -0.05) is 55.9 Å². The summed E-state index contributed by atoms with van der Waals surface area (Å²) in [7, 11) is 3.05. The van der Waals surface area contributed by atoms with E-state index in [9.17, 15) is 14.7 Å². The summed E-state index contributed by atoms with van der Waals surface area (Å²) in [6, 6.07) is 4.39. The lowest BCUT2D eigenvalue weighted by Crippen LogP contribution is -2.43. The number of amides is 1. The molecule has 1 heterocycles. The highest BCUT2D eigenvalue weighted by Gasteiger charge is 2.40. The van der Waals surface area contributed by atoms with Gasteiger partial charge in [-0.05, 0) is 18.6 Å². The molecule has 0 saturated carbocycles. The van der Waals surface area contributed by atoms with E-state index in [0.29, 0.717) is 34.8 Å². The van der Waals surface area contributed by atoms with Gasteiger partial charge in [0.25, 0.3) is 5.91 Å². The Morgan fingerprint density at radius 3 is 2.69 bits per heavy atom. The molecule has 1 N–H and O–H groups in total. The van der Waals surface area contributed by atoms with E-state index < -0.39 is 17.9 Å². The minimum Gasteiger partial charge on any atom is -0.493 e. The van der Waals surface area contributed by atoms with Crippen molar-refractivity contribution < 1.29 is 24.2 Å². The fourth-order valence-electron chi connectivity index (χ4n) is 2.68. The third-order valence-corrected chi connectivity index (χ3v) is 5.30. The smallest absolute Gasteiger partial charge is 0.326 e. The van der Waals surface area contributed by atoms with Crippen molar-refractivity contribution in [2.75, 3.05) is 14.2 Å². The van der Waals surface area contributed by atoms with Gasteiger partial charge in [-0.3, -0.25) is 9.69 Å². The zero-order valence-corrected chi connectivity index (χ0v) is 16.5. The van der Waals surface area contributed by atoms with Crippen LogP contribution >= 0.6 is 24.0 Å². The van der Waals surface area contributed by atoms with Crippen LogP contribution in [0.15, 0.2) is 23.1 Å². The van der Waals surface area contributed by atoms with E-state index in [4.69, 9.17) is 21.7 Å². The monoisotopic (exact) mass is 395 g/mol. The number of carboxylic acids is 1. The molecule has 2 rings (SSSR count). The predicted octanol–water partition coefficient (Wildman–Crippen LogP) is 3.55. The van der Waals surface area contributed by atoms with Gasteiger partial charge in [-0.15, -0.1) is 0 Å². The zero-order chi connectivity index (χ0) is 19.3. The van der Waals surface area contributed by atoms with Gasteiger partial charge in [0.05, 0.1) is 19.1 Å². The van der Waals surface area contributed by atoms with Crippen molar-refractivity contribution in [1.82, 2.24) is 4.90 Å². The van der Waals surface area contributed by atoms with Crippen LogP contribution in [0.3, 0.4) is 0 Å². The van der Waals surface area contributed by atoms with Crippen LogP contribution in [-0.2, 0) is 9.59 Å². The molecule has 26 heavy (non-hydrogen) atoms. The first-order valence-electron chi connectivity index (χ1n) is 8.15. The number of nitrogens with zero attached hydrogens (tertiary/aromatic N) is 1. The first-order valence-corrected chi connectivity index (χ1v) is 9.37. The highest BCUT2D eigenvalue weighted by molar-refractivity contribution is 8.26. The zero-order valence-electron chi connectivity index (χ0n) is 14.9. The van der Waals surface area contributed by atoms with Crippen LogP contribution in [0.1, 0.15) is 31.7 Å². The summed E-state index contributed by atoms with van der Waals surface area (Å²) in [5.74, 6) is -0.396. The topological polar surface area (TPSA) is 76.1 Å². The number of benzene rings is 1. The van der Waals surface area contributed by atoms with Crippen LogP contribution < -0.4 is 9.47 Å². The highest BCUT2D eigenvalue weighted by atomic mass is 32.2. The summed E-state index contributed by atoms with van der Waals surface area (Å²) < 4.78 is 10.9. The minimum atomic E-state index is -1.05. The third kappa shape index (κ3) is 4.19. The number of para-hydroxylation sites is 1. The Morgan fingerprint density at radius 1 is 1.38 bits per heavy atom.